The maximum Gasteiger partial charge on any atom is 0.246 e. The molecule has 4 heterocycles. The molecular weight excluding hydrogens is 472 g/mol. The molecular formula is C27H30N6O4. The molecule has 0 aliphatic carbocycles. The van der Waals surface area contributed by atoms with E-state index in [0.717, 1.165) is 18.5 Å². The standard InChI is InChI=1S/C27H30N6O4/c1-36-22-10-18(11-23(12-22)37-2)5-6-19-13-33(27-25(19)26(28)29-17-30-27)20-14-32(15-20)24(35)4-3-8-31-9-7-21(34)16-31/h3-4,10-13,17,20-21,34H,7-9,14-16H2,1-2H3,(H2,28,29,30)/b4-3+/t21-/m0/s1. The number of fused-ring (bicyclic) bond motifs is 1. The molecule has 10 heteroatoms. The largest absolute Gasteiger partial charge is 0.497 e. The zero-order chi connectivity index (χ0) is 25.9. The second-order valence-electron chi connectivity index (χ2n) is 9.26. The van der Waals surface area contributed by atoms with Crippen molar-refractivity contribution in [3.8, 4) is 23.3 Å². The topological polar surface area (TPSA) is 119 Å². The molecule has 2 aliphatic rings. The molecule has 192 valence electrons. The van der Waals surface area contributed by atoms with Crippen molar-refractivity contribution in [3.63, 3.8) is 0 Å². The molecule has 2 saturated heterocycles. The lowest BCUT2D eigenvalue weighted by Crippen LogP contribution is -2.50. The Bertz CT molecular complexity index is 1380. The third-order valence-electron chi connectivity index (χ3n) is 6.77. The van der Waals surface area contributed by atoms with Gasteiger partial charge in [0.1, 0.15) is 29.3 Å². The van der Waals surface area contributed by atoms with E-state index in [2.05, 4.69) is 26.7 Å². The molecule has 2 aliphatic heterocycles. The van der Waals surface area contributed by atoms with E-state index in [-0.39, 0.29) is 18.1 Å². The molecule has 0 spiro atoms. The van der Waals surface area contributed by atoms with E-state index in [1.807, 2.05) is 29.0 Å². The fourth-order valence-corrected chi connectivity index (χ4v) is 4.70. The molecule has 0 unspecified atom stereocenters. The molecule has 1 atom stereocenters. The van der Waals surface area contributed by atoms with Crippen LogP contribution in [0.2, 0.25) is 0 Å². The van der Waals surface area contributed by atoms with Crippen LogP contribution in [0, 0.1) is 11.8 Å². The molecule has 0 radical (unpaired) electrons. The lowest BCUT2D eigenvalue weighted by Gasteiger charge is -2.39. The molecule has 2 aromatic heterocycles. The Hall–Kier alpha value is -4.07. The van der Waals surface area contributed by atoms with Crippen molar-refractivity contribution >= 4 is 22.8 Å². The highest BCUT2D eigenvalue weighted by molar-refractivity contribution is 5.93. The van der Waals surface area contributed by atoms with Crippen LogP contribution in [0.4, 0.5) is 5.82 Å². The van der Waals surface area contributed by atoms with Gasteiger partial charge in [-0.2, -0.15) is 0 Å². The van der Waals surface area contributed by atoms with Crippen molar-refractivity contribution < 1.29 is 19.4 Å². The van der Waals surface area contributed by atoms with Crippen molar-refractivity contribution in [3.05, 3.63) is 54.0 Å². The van der Waals surface area contributed by atoms with Gasteiger partial charge in [-0.3, -0.25) is 9.69 Å². The Balaban J connectivity index is 1.32. The summed E-state index contributed by atoms with van der Waals surface area (Å²) in [5, 5.41) is 10.3. The number of β-amino-alcohol motifs (C(OH)–C–C–N with tert-alkyl or cyclic N) is 1. The Morgan fingerprint density at radius 2 is 1.92 bits per heavy atom. The van der Waals surface area contributed by atoms with Gasteiger partial charge in [0.05, 0.1) is 37.3 Å². The van der Waals surface area contributed by atoms with Gasteiger partial charge in [0.25, 0.3) is 0 Å². The number of rotatable bonds is 6. The number of carbonyl (C=O) groups excluding carboxylic acids is 1. The summed E-state index contributed by atoms with van der Waals surface area (Å²) in [4.78, 5) is 25.2. The molecule has 1 amide bonds. The quantitative estimate of drug-likeness (QED) is 0.384. The smallest absolute Gasteiger partial charge is 0.246 e. The van der Waals surface area contributed by atoms with Crippen LogP contribution >= 0.6 is 0 Å². The number of carbonyl (C=O) groups is 1. The minimum absolute atomic E-state index is 0.0198. The molecule has 0 saturated carbocycles. The fourth-order valence-electron chi connectivity index (χ4n) is 4.70. The van der Waals surface area contributed by atoms with Gasteiger partial charge in [0.15, 0.2) is 0 Å². The second kappa shape index (κ2) is 10.5. The number of hydrogen-bond acceptors (Lipinski definition) is 8. The Kier molecular flexibility index (Phi) is 6.99. The number of nitrogens with zero attached hydrogens (tertiary/aromatic N) is 5. The summed E-state index contributed by atoms with van der Waals surface area (Å²) in [6.45, 7) is 3.32. The third-order valence-corrected chi connectivity index (χ3v) is 6.77. The number of methoxy groups -OCH3 is 2. The van der Waals surface area contributed by atoms with Crippen LogP contribution in [-0.4, -0.2) is 88.4 Å². The van der Waals surface area contributed by atoms with E-state index >= 15 is 0 Å². The van der Waals surface area contributed by atoms with Crippen LogP contribution in [-0.2, 0) is 4.79 Å². The van der Waals surface area contributed by atoms with Gasteiger partial charge in [-0.1, -0.05) is 17.9 Å². The maximum absolute atomic E-state index is 12.6. The van der Waals surface area contributed by atoms with Crippen LogP contribution in [0.1, 0.15) is 23.6 Å². The highest BCUT2D eigenvalue weighted by atomic mass is 16.5. The molecule has 3 N–H and O–H groups in total. The number of aliphatic hydroxyl groups excluding tert-OH is 1. The summed E-state index contributed by atoms with van der Waals surface area (Å²) in [6.07, 6.45) is 7.39. The lowest BCUT2D eigenvalue weighted by molar-refractivity contribution is -0.131. The van der Waals surface area contributed by atoms with Gasteiger partial charge in [0.2, 0.25) is 5.91 Å². The molecule has 2 fully saturated rings. The molecule has 5 rings (SSSR count). The highest BCUT2D eigenvalue weighted by Gasteiger charge is 2.32. The Morgan fingerprint density at radius 1 is 1.16 bits per heavy atom. The number of nitrogen functional groups attached to an aromatic ring is 1. The summed E-state index contributed by atoms with van der Waals surface area (Å²) in [7, 11) is 3.19. The molecule has 3 aromatic rings. The Labute approximate surface area is 215 Å². The zero-order valence-corrected chi connectivity index (χ0v) is 20.9. The van der Waals surface area contributed by atoms with E-state index in [1.165, 1.54) is 6.33 Å². The van der Waals surface area contributed by atoms with Crippen molar-refractivity contribution in [1.29, 1.82) is 0 Å². The number of benzene rings is 1. The SMILES string of the molecule is COc1cc(C#Cc2cn(C3CN(C(=O)/C=C/CN4CC[C@H](O)C4)C3)c3ncnc(N)c23)cc(OC)c1. The minimum Gasteiger partial charge on any atom is -0.497 e. The normalized spacial score (nSPS) is 18.1. The number of likely N-dealkylation sites (tertiary alicyclic amines) is 2. The predicted octanol–water partition coefficient (Wildman–Crippen LogP) is 1.44. The van der Waals surface area contributed by atoms with E-state index in [4.69, 9.17) is 15.2 Å². The van der Waals surface area contributed by atoms with Crippen molar-refractivity contribution in [2.75, 3.05) is 52.7 Å². The van der Waals surface area contributed by atoms with E-state index in [9.17, 15) is 9.90 Å². The molecule has 1 aromatic carbocycles. The van der Waals surface area contributed by atoms with Gasteiger partial charge in [-0.25, -0.2) is 9.97 Å². The van der Waals surface area contributed by atoms with Gasteiger partial charge in [-0.15, -0.1) is 0 Å². The lowest BCUT2D eigenvalue weighted by atomic mass is 10.1. The number of anilines is 1. The second-order valence-corrected chi connectivity index (χ2v) is 9.26. The first-order chi connectivity index (χ1) is 17.9. The van der Waals surface area contributed by atoms with Crippen molar-refractivity contribution in [2.24, 2.45) is 0 Å². The average Bonchev–Trinajstić information content (AvgIpc) is 3.45. The summed E-state index contributed by atoms with van der Waals surface area (Å²) in [5.41, 5.74) is 8.36. The first-order valence-corrected chi connectivity index (χ1v) is 12.2. The van der Waals surface area contributed by atoms with E-state index in [0.29, 0.717) is 60.1 Å². The third kappa shape index (κ3) is 5.23. The van der Waals surface area contributed by atoms with Crippen LogP contribution in [0.3, 0.4) is 0 Å². The summed E-state index contributed by atoms with van der Waals surface area (Å²) >= 11 is 0. The number of nitrogens with two attached hydrogens (primary N) is 1. The molecule has 37 heavy (non-hydrogen) atoms. The van der Waals surface area contributed by atoms with Crippen LogP contribution in [0.5, 0.6) is 11.5 Å². The first kappa shape index (κ1) is 24.6. The van der Waals surface area contributed by atoms with Gasteiger partial charge >= 0.3 is 0 Å². The van der Waals surface area contributed by atoms with E-state index in [1.54, 1.807) is 31.3 Å². The molecule has 0 bridgehead atoms. The molecule has 10 nitrogen and oxygen atoms in total. The summed E-state index contributed by atoms with van der Waals surface area (Å²) < 4.78 is 12.7. The van der Waals surface area contributed by atoms with E-state index < -0.39 is 0 Å². The number of ether oxygens (including phenoxy) is 2. The van der Waals surface area contributed by atoms with Gasteiger partial charge in [-0.05, 0) is 18.6 Å². The first-order valence-electron chi connectivity index (χ1n) is 12.2. The van der Waals surface area contributed by atoms with Crippen LogP contribution in [0.25, 0.3) is 11.0 Å². The van der Waals surface area contributed by atoms with Crippen molar-refractivity contribution in [2.45, 2.75) is 18.6 Å². The number of aromatic nitrogens is 3. The minimum atomic E-state index is -0.262. The summed E-state index contributed by atoms with van der Waals surface area (Å²) in [5.74, 6) is 8.02. The number of hydrogen-bond donors (Lipinski definition) is 2. The Morgan fingerprint density at radius 3 is 2.59 bits per heavy atom. The van der Waals surface area contributed by atoms with Gasteiger partial charge < -0.3 is 29.8 Å². The average molecular weight is 503 g/mol. The zero-order valence-electron chi connectivity index (χ0n) is 20.9. The van der Waals surface area contributed by atoms with Gasteiger partial charge in [0, 0.05) is 56.6 Å². The highest BCUT2D eigenvalue weighted by Crippen LogP contribution is 2.31. The monoisotopic (exact) mass is 502 g/mol. The maximum atomic E-state index is 12.6. The predicted molar refractivity (Wildman–Crippen MR) is 139 cm³/mol. The van der Waals surface area contributed by atoms with Crippen LogP contribution in [0.15, 0.2) is 42.9 Å². The van der Waals surface area contributed by atoms with Crippen molar-refractivity contribution in [1.82, 2.24) is 24.3 Å². The fraction of sp³-hybridized carbons (Fsp3) is 0.370. The number of amides is 1. The van der Waals surface area contributed by atoms with Crippen LogP contribution < -0.4 is 15.2 Å². The number of aliphatic hydroxyl groups is 1. The summed E-state index contributed by atoms with van der Waals surface area (Å²) in [6, 6.07) is 5.53.